The van der Waals surface area contributed by atoms with Crippen molar-refractivity contribution in [2.45, 2.75) is 25.7 Å². The molecule has 0 aliphatic rings. The van der Waals surface area contributed by atoms with Gasteiger partial charge in [0.05, 0.1) is 21.8 Å². The summed E-state index contributed by atoms with van der Waals surface area (Å²) in [6.45, 7) is 4.50. The van der Waals surface area contributed by atoms with Gasteiger partial charge in [-0.3, -0.25) is 14.8 Å². The van der Waals surface area contributed by atoms with E-state index in [1.54, 1.807) is 26.0 Å². The Kier molecular flexibility index (Phi) is 5.38. The minimum atomic E-state index is -4.24. The summed E-state index contributed by atoms with van der Waals surface area (Å²) in [7, 11) is -4.24. The molecular weight excluding hydrogens is 404 g/mol. The van der Waals surface area contributed by atoms with Crippen molar-refractivity contribution < 1.29 is 26.5 Å². The fourth-order valence-corrected chi connectivity index (χ4v) is 4.11. The van der Waals surface area contributed by atoms with E-state index in [1.165, 1.54) is 13.0 Å². The molecule has 10 heteroatoms. The Morgan fingerprint density at radius 3 is 2.52 bits per heavy atom. The van der Waals surface area contributed by atoms with Gasteiger partial charge >= 0.3 is 0 Å². The van der Waals surface area contributed by atoms with Crippen LogP contribution in [0.2, 0.25) is 0 Å². The summed E-state index contributed by atoms with van der Waals surface area (Å²) < 4.78 is 60.1. The maximum absolute atomic E-state index is 13.9. The second kappa shape index (κ2) is 7.63. The minimum absolute atomic E-state index is 0.0753. The first-order chi connectivity index (χ1) is 13.6. The van der Waals surface area contributed by atoms with Gasteiger partial charge < -0.3 is 4.52 Å². The van der Waals surface area contributed by atoms with E-state index in [0.717, 1.165) is 18.2 Å². The molecule has 3 aromatic rings. The average molecular weight is 421 g/mol. The largest absolute Gasteiger partial charge is 0.337 e. The summed E-state index contributed by atoms with van der Waals surface area (Å²) in [5, 5.41) is 6.30. The molecule has 0 saturated heterocycles. The molecule has 0 aliphatic heterocycles. The molecule has 7 nitrogen and oxygen atoms in total. The average Bonchev–Trinajstić information content (AvgIpc) is 2.98. The Morgan fingerprint density at radius 2 is 1.83 bits per heavy atom. The number of carbonyl (C=O) groups excluding carboxylic acids is 1. The van der Waals surface area contributed by atoms with Crippen LogP contribution in [-0.4, -0.2) is 19.5 Å². The van der Waals surface area contributed by atoms with E-state index in [1.807, 2.05) is 0 Å². The van der Waals surface area contributed by atoms with Crippen LogP contribution in [0.5, 0.6) is 0 Å². The molecule has 0 radical (unpaired) electrons. The Morgan fingerprint density at radius 1 is 1.10 bits per heavy atom. The minimum Gasteiger partial charge on any atom is -0.337 e. The number of halogens is 2. The summed E-state index contributed by atoms with van der Waals surface area (Å²) in [6, 6.07) is 7.01. The molecule has 0 bridgehead atoms. The number of amides is 1. The third-order valence-corrected chi connectivity index (χ3v) is 5.60. The lowest BCUT2D eigenvalue weighted by Gasteiger charge is -2.13. The van der Waals surface area contributed by atoms with Gasteiger partial charge in [0.25, 0.3) is 10.0 Å². The maximum atomic E-state index is 13.9. The predicted molar refractivity (Wildman–Crippen MR) is 103 cm³/mol. The first-order valence-electron chi connectivity index (χ1n) is 8.41. The van der Waals surface area contributed by atoms with E-state index in [0.29, 0.717) is 22.4 Å². The van der Waals surface area contributed by atoms with Crippen LogP contribution in [-0.2, 0) is 14.8 Å². The van der Waals surface area contributed by atoms with Crippen molar-refractivity contribution in [3.8, 4) is 11.1 Å². The summed E-state index contributed by atoms with van der Waals surface area (Å²) in [5.41, 5.74) is 1.14. The van der Waals surface area contributed by atoms with Gasteiger partial charge in [-0.15, -0.1) is 0 Å². The standard InChI is InChI=1S/C19H17F2N3O4S/c1-10-4-5-13(18-11(2)23-28-19(18)22-12(3)25)8-17(10)29(26,27)24-16-9-14(20)6-7-15(16)21/h4-9,24H,1-3H3,(H,22,25). The van der Waals surface area contributed by atoms with Gasteiger partial charge in [-0.2, -0.15) is 0 Å². The lowest BCUT2D eigenvalue weighted by molar-refractivity contribution is -0.114. The molecule has 152 valence electrons. The van der Waals surface area contributed by atoms with Crippen molar-refractivity contribution in [2.75, 3.05) is 10.0 Å². The molecule has 0 aliphatic carbocycles. The van der Waals surface area contributed by atoms with Crippen LogP contribution >= 0.6 is 0 Å². The summed E-state index contributed by atoms with van der Waals surface area (Å²) in [6.07, 6.45) is 0. The van der Waals surface area contributed by atoms with Crippen molar-refractivity contribution in [1.82, 2.24) is 5.16 Å². The number of nitrogens with one attached hydrogen (secondary N) is 2. The topological polar surface area (TPSA) is 101 Å². The predicted octanol–water partition coefficient (Wildman–Crippen LogP) is 4.00. The molecule has 0 saturated carbocycles. The van der Waals surface area contributed by atoms with Crippen LogP contribution < -0.4 is 10.0 Å². The van der Waals surface area contributed by atoms with Gasteiger partial charge in [-0.25, -0.2) is 17.2 Å². The Balaban J connectivity index is 2.07. The summed E-state index contributed by atoms with van der Waals surface area (Å²) >= 11 is 0. The Hall–Kier alpha value is -3.27. The van der Waals surface area contributed by atoms with Gasteiger partial charge in [-0.05, 0) is 43.2 Å². The van der Waals surface area contributed by atoms with Crippen molar-refractivity contribution in [3.63, 3.8) is 0 Å². The number of rotatable bonds is 5. The van der Waals surface area contributed by atoms with E-state index < -0.39 is 27.3 Å². The van der Waals surface area contributed by atoms with Crippen LogP contribution in [0.15, 0.2) is 45.8 Å². The molecule has 3 rings (SSSR count). The first kappa shape index (κ1) is 20.5. The fourth-order valence-electron chi connectivity index (χ4n) is 2.78. The molecule has 0 spiro atoms. The van der Waals surface area contributed by atoms with Crippen LogP contribution in [0.25, 0.3) is 11.1 Å². The van der Waals surface area contributed by atoms with E-state index in [2.05, 4.69) is 15.2 Å². The van der Waals surface area contributed by atoms with Crippen LogP contribution in [0, 0.1) is 25.5 Å². The molecule has 0 atom stereocenters. The number of hydrogen-bond donors (Lipinski definition) is 2. The lowest BCUT2D eigenvalue weighted by Crippen LogP contribution is -2.15. The normalized spacial score (nSPS) is 11.3. The Labute approximate surface area is 165 Å². The second-order valence-electron chi connectivity index (χ2n) is 6.36. The Bertz CT molecular complexity index is 1210. The molecule has 29 heavy (non-hydrogen) atoms. The third kappa shape index (κ3) is 4.27. The first-order valence-corrected chi connectivity index (χ1v) is 9.89. The molecule has 0 unspecified atom stereocenters. The zero-order chi connectivity index (χ0) is 21.3. The van der Waals surface area contributed by atoms with Crippen molar-refractivity contribution >= 4 is 27.5 Å². The molecule has 0 fully saturated rings. The highest BCUT2D eigenvalue weighted by atomic mass is 32.2. The quantitative estimate of drug-likeness (QED) is 0.649. The monoisotopic (exact) mass is 421 g/mol. The molecule has 1 amide bonds. The van der Waals surface area contributed by atoms with Crippen LogP contribution in [0.3, 0.4) is 0 Å². The zero-order valence-electron chi connectivity index (χ0n) is 15.7. The number of aryl methyl sites for hydroxylation is 2. The third-order valence-electron chi connectivity index (χ3n) is 4.09. The van der Waals surface area contributed by atoms with Crippen molar-refractivity contribution in [3.05, 3.63) is 59.3 Å². The van der Waals surface area contributed by atoms with Crippen molar-refractivity contribution in [2.24, 2.45) is 0 Å². The van der Waals surface area contributed by atoms with E-state index >= 15 is 0 Å². The van der Waals surface area contributed by atoms with Crippen LogP contribution in [0.1, 0.15) is 18.2 Å². The fraction of sp³-hybridized carbons (Fsp3) is 0.158. The smallest absolute Gasteiger partial charge is 0.262 e. The molecular formula is C19H17F2N3O4S. The molecule has 1 heterocycles. The van der Waals surface area contributed by atoms with E-state index in [-0.39, 0.29) is 16.7 Å². The number of aromatic nitrogens is 1. The highest BCUT2D eigenvalue weighted by Gasteiger charge is 2.23. The number of anilines is 2. The van der Waals surface area contributed by atoms with Gasteiger partial charge in [0, 0.05) is 13.0 Å². The van der Waals surface area contributed by atoms with E-state index in [9.17, 15) is 22.0 Å². The highest BCUT2D eigenvalue weighted by Crippen LogP contribution is 2.34. The number of benzene rings is 2. The number of nitrogens with zero attached hydrogens (tertiary/aromatic N) is 1. The second-order valence-corrected chi connectivity index (χ2v) is 8.01. The lowest BCUT2D eigenvalue weighted by atomic mass is 10.0. The molecule has 2 N–H and O–H groups in total. The SMILES string of the molecule is CC(=O)Nc1onc(C)c1-c1ccc(C)c(S(=O)(=O)Nc2cc(F)ccc2F)c1. The number of sulfonamides is 1. The van der Waals surface area contributed by atoms with Gasteiger partial charge in [0.15, 0.2) is 0 Å². The van der Waals surface area contributed by atoms with Gasteiger partial charge in [0.2, 0.25) is 11.8 Å². The van der Waals surface area contributed by atoms with Gasteiger partial charge in [0.1, 0.15) is 11.6 Å². The van der Waals surface area contributed by atoms with Crippen LogP contribution in [0.4, 0.5) is 20.4 Å². The maximum Gasteiger partial charge on any atom is 0.262 e. The summed E-state index contributed by atoms with van der Waals surface area (Å²) in [5.74, 6) is -2.00. The summed E-state index contributed by atoms with van der Waals surface area (Å²) in [4.78, 5) is 11.2. The zero-order valence-corrected chi connectivity index (χ0v) is 16.5. The number of hydrogen-bond acceptors (Lipinski definition) is 5. The van der Waals surface area contributed by atoms with Gasteiger partial charge in [-0.1, -0.05) is 17.3 Å². The molecule has 1 aromatic heterocycles. The molecule has 2 aromatic carbocycles. The highest BCUT2D eigenvalue weighted by molar-refractivity contribution is 7.92. The van der Waals surface area contributed by atoms with E-state index in [4.69, 9.17) is 4.52 Å². The number of carbonyl (C=O) groups is 1. The van der Waals surface area contributed by atoms with Crippen molar-refractivity contribution in [1.29, 1.82) is 0 Å².